The summed E-state index contributed by atoms with van der Waals surface area (Å²) in [5.74, 6) is 0.575. The smallest absolute Gasteiger partial charge is 0.270 e. The molecule has 0 bridgehead atoms. The molecule has 7 nitrogen and oxygen atoms in total. The first-order valence-corrected chi connectivity index (χ1v) is 10.2. The van der Waals surface area contributed by atoms with Crippen LogP contribution in [0.1, 0.15) is 73.3 Å². The summed E-state index contributed by atoms with van der Waals surface area (Å²) >= 11 is 0. The molecule has 0 atom stereocenters. The number of hydrogen-bond donors (Lipinski definition) is 2. The van der Waals surface area contributed by atoms with E-state index in [1.807, 2.05) is 20.8 Å². The van der Waals surface area contributed by atoms with Gasteiger partial charge >= 0.3 is 0 Å². The van der Waals surface area contributed by atoms with E-state index in [1.54, 1.807) is 11.8 Å². The normalized spacial score (nSPS) is 18.1. The van der Waals surface area contributed by atoms with Crippen molar-refractivity contribution in [1.29, 1.82) is 0 Å². The molecule has 2 N–H and O–H groups in total. The molecule has 4 rings (SSSR count). The van der Waals surface area contributed by atoms with Gasteiger partial charge in [0.2, 0.25) is 0 Å². The minimum Gasteiger partial charge on any atom is -0.354 e. The molecule has 2 aromatic rings. The molecule has 3 heterocycles. The zero-order chi connectivity index (χ0) is 21.0. The molecular formula is C22H28N4O3. The highest BCUT2D eigenvalue weighted by molar-refractivity contribution is 5.92. The molecule has 1 amide bonds. The van der Waals surface area contributed by atoms with E-state index >= 15 is 0 Å². The fraction of sp³-hybridized carbons (Fsp3) is 0.545. The highest BCUT2D eigenvalue weighted by atomic mass is 16.2. The van der Waals surface area contributed by atoms with E-state index < -0.39 is 0 Å². The Hall–Kier alpha value is -2.70. The van der Waals surface area contributed by atoms with Crippen molar-refractivity contribution >= 4 is 5.91 Å². The van der Waals surface area contributed by atoms with Crippen LogP contribution in [0.2, 0.25) is 0 Å². The van der Waals surface area contributed by atoms with Crippen molar-refractivity contribution in [2.75, 3.05) is 13.1 Å². The second-order valence-electron chi connectivity index (χ2n) is 9.48. The summed E-state index contributed by atoms with van der Waals surface area (Å²) in [6.07, 6.45) is 3.19. The second-order valence-corrected chi connectivity index (χ2v) is 9.48. The van der Waals surface area contributed by atoms with Gasteiger partial charge in [-0.1, -0.05) is 20.8 Å². The van der Waals surface area contributed by atoms with E-state index in [1.165, 1.54) is 12.1 Å². The molecule has 1 aliphatic carbocycles. The predicted octanol–water partition coefficient (Wildman–Crippen LogP) is 2.18. The lowest BCUT2D eigenvalue weighted by molar-refractivity contribution is 0.0657. The van der Waals surface area contributed by atoms with Crippen molar-refractivity contribution in [3.05, 3.63) is 61.2 Å². The van der Waals surface area contributed by atoms with Crippen LogP contribution >= 0.6 is 0 Å². The number of amides is 1. The lowest BCUT2D eigenvalue weighted by Crippen LogP contribution is -2.45. The van der Waals surface area contributed by atoms with Gasteiger partial charge in [0.15, 0.2) is 5.43 Å². The van der Waals surface area contributed by atoms with Gasteiger partial charge in [-0.2, -0.15) is 0 Å². The number of piperidine rings is 1. The quantitative estimate of drug-likeness (QED) is 0.772. The van der Waals surface area contributed by atoms with Gasteiger partial charge in [-0.05, 0) is 32.6 Å². The molecule has 154 valence electrons. The summed E-state index contributed by atoms with van der Waals surface area (Å²) in [4.78, 5) is 49.9. The summed E-state index contributed by atoms with van der Waals surface area (Å²) in [7, 11) is 0. The third kappa shape index (κ3) is 3.43. The number of likely N-dealkylation sites (tertiary alicyclic amines) is 1. The summed E-state index contributed by atoms with van der Waals surface area (Å²) in [5.41, 5.74) is 2.20. The number of carbonyl (C=O) groups excluding carboxylic acids is 1. The van der Waals surface area contributed by atoms with E-state index in [-0.39, 0.29) is 27.7 Å². The van der Waals surface area contributed by atoms with Crippen molar-refractivity contribution < 1.29 is 4.79 Å². The molecule has 7 heteroatoms. The number of pyridine rings is 1. The van der Waals surface area contributed by atoms with Gasteiger partial charge in [0.1, 0.15) is 11.5 Å². The standard InChI is InChI=1S/C22H28N4O3/c1-13-11-14(27)12-16(23-13)19(29)26-9-7-22(8-10-26)6-5-15-17(22)24-20(21(2,3)4)25-18(15)28/h11-12H,5-10H2,1-4H3,(H,23,27)(H,24,25,28). The minimum atomic E-state index is -0.230. The Morgan fingerprint density at radius 1 is 1.10 bits per heavy atom. The Labute approximate surface area is 169 Å². The number of rotatable bonds is 1. The second kappa shape index (κ2) is 6.68. The van der Waals surface area contributed by atoms with E-state index in [9.17, 15) is 14.4 Å². The van der Waals surface area contributed by atoms with Crippen molar-refractivity contribution in [3.8, 4) is 0 Å². The molecule has 29 heavy (non-hydrogen) atoms. The average molecular weight is 396 g/mol. The number of aryl methyl sites for hydroxylation is 1. The lowest BCUT2D eigenvalue weighted by Gasteiger charge is -2.39. The summed E-state index contributed by atoms with van der Waals surface area (Å²) in [5, 5.41) is 0. The van der Waals surface area contributed by atoms with Crippen molar-refractivity contribution in [3.63, 3.8) is 0 Å². The number of carbonyl (C=O) groups is 1. The van der Waals surface area contributed by atoms with Gasteiger partial charge in [0.05, 0.1) is 5.69 Å². The zero-order valence-electron chi connectivity index (χ0n) is 17.5. The third-order valence-electron chi connectivity index (χ3n) is 6.30. The van der Waals surface area contributed by atoms with Crippen LogP contribution in [0.15, 0.2) is 21.7 Å². The number of aromatic nitrogens is 3. The maximum atomic E-state index is 12.9. The van der Waals surface area contributed by atoms with Gasteiger partial charge in [0.25, 0.3) is 11.5 Å². The predicted molar refractivity (Wildman–Crippen MR) is 110 cm³/mol. The molecule has 1 saturated heterocycles. The van der Waals surface area contributed by atoms with Crippen molar-refractivity contribution in [1.82, 2.24) is 19.9 Å². The highest BCUT2D eigenvalue weighted by Crippen LogP contribution is 2.44. The third-order valence-corrected chi connectivity index (χ3v) is 6.30. The van der Waals surface area contributed by atoms with E-state index in [0.29, 0.717) is 24.5 Å². The van der Waals surface area contributed by atoms with Gasteiger partial charge in [-0.15, -0.1) is 0 Å². The first-order valence-electron chi connectivity index (χ1n) is 10.2. The van der Waals surface area contributed by atoms with Gasteiger partial charge in [0, 0.05) is 47.3 Å². The van der Waals surface area contributed by atoms with Gasteiger partial charge in [-0.25, -0.2) is 4.98 Å². The Kier molecular flexibility index (Phi) is 4.52. The van der Waals surface area contributed by atoms with Crippen LogP contribution in [-0.4, -0.2) is 38.8 Å². The number of nitrogens with one attached hydrogen (secondary N) is 2. The van der Waals surface area contributed by atoms with E-state index in [0.717, 1.165) is 42.8 Å². The molecule has 1 spiro atoms. The Balaban J connectivity index is 1.59. The molecule has 1 fully saturated rings. The molecule has 0 saturated carbocycles. The Bertz CT molecular complexity index is 1080. The average Bonchev–Trinajstić information content (AvgIpc) is 2.99. The highest BCUT2D eigenvalue weighted by Gasteiger charge is 2.45. The van der Waals surface area contributed by atoms with Crippen molar-refractivity contribution in [2.24, 2.45) is 0 Å². The van der Waals surface area contributed by atoms with Crippen LogP contribution in [0.25, 0.3) is 0 Å². The Morgan fingerprint density at radius 2 is 1.79 bits per heavy atom. The SMILES string of the molecule is Cc1cc(=O)cc(C(=O)N2CCC3(CCc4c3nc(C(C)(C)C)[nH]c4=O)CC2)[nH]1. The number of H-pyrrole nitrogens is 2. The maximum Gasteiger partial charge on any atom is 0.270 e. The molecule has 1 aliphatic heterocycles. The van der Waals surface area contributed by atoms with Crippen LogP contribution in [0, 0.1) is 6.92 Å². The van der Waals surface area contributed by atoms with Gasteiger partial charge < -0.3 is 14.9 Å². The summed E-state index contributed by atoms with van der Waals surface area (Å²) < 4.78 is 0. The molecule has 0 radical (unpaired) electrons. The van der Waals surface area contributed by atoms with Gasteiger partial charge in [-0.3, -0.25) is 14.4 Å². The number of aromatic amines is 2. The van der Waals surface area contributed by atoms with E-state index in [2.05, 4.69) is 9.97 Å². The van der Waals surface area contributed by atoms with Crippen LogP contribution in [0.3, 0.4) is 0 Å². The summed E-state index contributed by atoms with van der Waals surface area (Å²) in [6.45, 7) is 9.09. The van der Waals surface area contributed by atoms with E-state index in [4.69, 9.17) is 4.98 Å². The zero-order valence-corrected chi connectivity index (χ0v) is 17.5. The molecule has 2 aliphatic rings. The number of nitrogens with zero attached hydrogens (tertiary/aromatic N) is 2. The first kappa shape index (κ1) is 19.6. The van der Waals surface area contributed by atoms with Crippen LogP contribution in [0.5, 0.6) is 0 Å². The monoisotopic (exact) mass is 396 g/mol. The molecule has 2 aromatic heterocycles. The summed E-state index contributed by atoms with van der Waals surface area (Å²) in [6, 6.07) is 2.84. The number of hydrogen-bond acceptors (Lipinski definition) is 4. The number of fused-ring (bicyclic) bond motifs is 2. The van der Waals surface area contributed by atoms with Crippen LogP contribution in [0.4, 0.5) is 0 Å². The maximum absolute atomic E-state index is 12.9. The lowest BCUT2D eigenvalue weighted by atomic mass is 9.76. The van der Waals surface area contributed by atoms with Crippen LogP contribution in [-0.2, 0) is 17.3 Å². The molecular weight excluding hydrogens is 368 g/mol. The van der Waals surface area contributed by atoms with Crippen LogP contribution < -0.4 is 11.0 Å². The largest absolute Gasteiger partial charge is 0.354 e. The topological polar surface area (TPSA) is 98.9 Å². The fourth-order valence-electron chi connectivity index (χ4n) is 4.60. The molecule has 0 unspecified atom stereocenters. The first-order chi connectivity index (χ1) is 13.6. The fourth-order valence-corrected chi connectivity index (χ4v) is 4.60. The minimum absolute atomic E-state index is 0.0207. The molecule has 0 aromatic carbocycles. The Morgan fingerprint density at radius 3 is 2.41 bits per heavy atom. The van der Waals surface area contributed by atoms with Crippen molar-refractivity contribution in [2.45, 2.75) is 64.2 Å².